The number of nitrogens with one attached hydrogen (secondary N) is 1. The molecule has 272 valence electrons. The molecule has 3 aliphatic rings. The van der Waals surface area contributed by atoms with Crippen LogP contribution in [0.4, 0.5) is 5.13 Å². The van der Waals surface area contributed by atoms with E-state index < -0.39 is 46.6 Å². The number of thiazole rings is 1. The van der Waals surface area contributed by atoms with Crippen LogP contribution in [0.1, 0.15) is 56.2 Å². The molecule has 1 aromatic carbocycles. The first kappa shape index (κ1) is 36.4. The molecule has 1 unspecified atom stereocenters. The van der Waals surface area contributed by atoms with Crippen molar-refractivity contribution in [2.45, 2.75) is 70.6 Å². The first-order valence-electron chi connectivity index (χ1n) is 16.1. The average Bonchev–Trinajstić information content (AvgIpc) is 3.64. The maximum Gasteiger partial charge on any atom is 0.352 e. The summed E-state index contributed by atoms with van der Waals surface area (Å²) in [6.45, 7) is 8.90. The van der Waals surface area contributed by atoms with E-state index in [0.717, 1.165) is 11.3 Å². The Balaban J connectivity index is 1.20. The lowest BCUT2D eigenvalue weighted by atomic mass is 10.0. The van der Waals surface area contributed by atoms with Gasteiger partial charge in [0.2, 0.25) is 5.79 Å². The molecule has 2 aromatic heterocycles. The number of carboxylic acid groups (broad SMARTS) is 1. The molecule has 4 N–H and O–H groups in total. The summed E-state index contributed by atoms with van der Waals surface area (Å²) in [7, 11) is 0. The van der Waals surface area contributed by atoms with E-state index in [9.17, 15) is 24.3 Å². The van der Waals surface area contributed by atoms with Gasteiger partial charge >= 0.3 is 11.9 Å². The fourth-order valence-corrected chi connectivity index (χ4v) is 7.44. The molecule has 0 aliphatic carbocycles. The summed E-state index contributed by atoms with van der Waals surface area (Å²) in [6.07, 6.45) is 7.30. The van der Waals surface area contributed by atoms with Gasteiger partial charge in [-0.2, -0.15) is 0 Å². The molecule has 3 aliphatic heterocycles. The minimum atomic E-state index is -1.25. The van der Waals surface area contributed by atoms with Crippen LogP contribution in [-0.2, 0) is 37.1 Å². The van der Waals surface area contributed by atoms with Crippen LogP contribution in [0.15, 0.2) is 76.7 Å². The Bertz CT molecular complexity index is 2020. The first-order chi connectivity index (χ1) is 24.6. The molecule has 15 nitrogen and oxygen atoms in total. The second-order valence-electron chi connectivity index (χ2n) is 13.4. The number of allylic oxidation sites excluding steroid dienone is 2. The lowest BCUT2D eigenvalue weighted by Crippen LogP contribution is -2.71. The number of ether oxygens (including phenoxy) is 3. The molecule has 17 heteroatoms. The number of rotatable bonds is 11. The van der Waals surface area contributed by atoms with Crippen LogP contribution in [0, 0.1) is 0 Å². The van der Waals surface area contributed by atoms with Gasteiger partial charge in [0.25, 0.3) is 11.8 Å². The highest BCUT2D eigenvalue weighted by Gasteiger charge is 2.54. The maximum atomic E-state index is 13.7. The van der Waals surface area contributed by atoms with Gasteiger partial charge in [-0.25, -0.2) is 19.1 Å². The Morgan fingerprint density at radius 2 is 1.90 bits per heavy atom. The molecular formula is C35H37N6O9S2+. The number of benzene rings is 1. The van der Waals surface area contributed by atoms with Gasteiger partial charge in [-0.15, -0.1) is 23.1 Å². The third-order valence-electron chi connectivity index (χ3n) is 7.75. The molecule has 0 spiro atoms. The van der Waals surface area contributed by atoms with E-state index in [0.29, 0.717) is 34.9 Å². The second kappa shape index (κ2) is 14.3. The molecule has 1 fully saturated rings. The number of carboxylic acids is 1. The zero-order chi connectivity index (χ0) is 37.4. The molecule has 3 aromatic rings. The Hall–Kier alpha value is -5.42. The molecule has 5 heterocycles. The average molecular weight is 750 g/mol. The number of carbonyl (C=O) groups excluding carboxylic acids is 3. The molecule has 52 heavy (non-hydrogen) atoms. The van der Waals surface area contributed by atoms with E-state index in [1.54, 1.807) is 46.8 Å². The van der Waals surface area contributed by atoms with Crippen LogP contribution in [0.5, 0.6) is 11.5 Å². The number of fused-ring (bicyclic) bond motifs is 2. The normalized spacial score (nSPS) is 19.3. The zero-order valence-corrected chi connectivity index (χ0v) is 30.6. The number of pyridine rings is 1. The molecule has 2 amide bonds. The number of esters is 1. The van der Waals surface area contributed by atoms with Crippen molar-refractivity contribution < 1.29 is 47.9 Å². The lowest BCUT2D eigenvalue weighted by molar-refractivity contribution is -0.687. The molecule has 2 atom stereocenters. The van der Waals surface area contributed by atoms with Crippen LogP contribution >= 0.6 is 23.1 Å². The van der Waals surface area contributed by atoms with E-state index in [-0.39, 0.29) is 34.4 Å². The van der Waals surface area contributed by atoms with Gasteiger partial charge in [0.15, 0.2) is 41.3 Å². The summed E-state index contributed by atoms with van der Waals surface area (Å²) in [5.74, 6) is -3.19. The van der Waals surface area contributed by atoms with Crippen LogP contribution in [0.2, 0.25) is 0 Å². The topological polar surface area (TPSA) is 196 Å². The predicted molar refractivity (Wildman–Crippen MR) is 190 cm³/mol. The van der Waals surface area contributed by atoms with E-state index >= 15 is 0 Å². The number of carbonyl (C=O) groups is 4. The second-order valence-corrected chi connectivity index (χ2v) is 15.4. The predicted octanol–water partition coefficient (Wildman–Crippen LogP) is 3.39. The standard InChI is InChI=1S/C35H36N6O9S2/c1-34(2,3)50-32(46)21-15-24-23(48-35(4,5)49-24)14-20(21)16-47-39-25(22-18-52-33(36)37-22)28(42)38-26-29(43)41-27(31(44)45)19(17-51-30(26)41)10-9-13-40-11-7-6-8-12-40/h6-12,14-15,18,26,30H,13,16-17H2,1-5H3,(H3-,36,37,38,42,44,45)/p+1/b10-9+,39-25-/t26?,30-/m1/s1. The maximum absolute atomic E-state index is 13.7. The molecule has 6 rings (SSSR count). The number of aliphatic carboxylic acids is 1. The fraction of sp³-hybridized carbons (Fsp3) is 0.343. The summed E-state index contributed by atoms with van der Waals surface area (Å²) in [5.41, 5.74) is 5.73. The summed E-state index contributed by atoms with van der Waals surface area (Å²) in [5, 5.41) is 17.8. The third kappa shape index (κ3) is 7.89. The van der Waals surface area contributed by atoms with Gasteiger partial charge in [0.05, 0.1) is 5.56 Å². The van der Waals surface area contributed by atoms with Crippen LogP contribution in [0.25, 0.3) is 0 Å². The summed E-state index contributed by atoms with van der Waals surface area (Å²) >= 11 is 2.40. The van der Waals surface area contributed by atoms with Gasteiger partial charge < -0.3 is 35.2 Å². The smallest absolute Gasteiger partial charge is 0.352 e. The molecular weight excluding hydrogens is 713 g/mol. The van der Waals surface area contributed by atoms with E-state index in [1.165, 1.54) is 28.1 Å². The Morgan fingerprint density at radius 3 is 2.56 bits per heavy atom. The number of oxime groups is 1. The van der Waals surface area contributed by atoms with E-state index in [2.05, 4.69) is 15.5 Å². The molecule has 0 radical (unpaired) electrons. The number of hydrogen-bond acceptors (Lipinski definition) is 13. The van der Waals surface area contributed by atoms with Crippen molar-refractivity contribution >= 4 is 57.7 Å². The number of aromatic nitrogens is 2. The number of nitrogen functional groups attached to an aromatic ring is 1. The SMILES string of the molecule is CC(C)(C)OC(=O)c1cc2c(cc1CO/N=C(\C(=O)NC1C(=O)N3C(C(=O)O)=C(/C=C/C[n+]4ccccc4)CS[C@H]13)c1csc(N)n1)OC(C)(C)O2. The molecule has 0 bridgehead atoms. The number of hydrogen-bond donors (Lipinski definition) is 3. The number of β-lactam (4-membered cyclic amide) rings is 1. The number of anilines is 1. The van der Waals surface area contributed by atoms with Gasteiger partial charge in [-0.3, -0.25) is 14.5 Å². The van der Waals surface area contributed by atoms with Crippen LogP contribution < -0.4 is 25.1 Å². The highest BCUT2D eigenvalue weighted by molar-refractivity contribution is 8.00. The largest absolute Gasteiger partial charge is 0.477 e. The van der Waals surface area contributed by atoms with Crippen LogP contribution in [0.3, 0.4) is 0 Å². The van der Waals surface area contributed by atoms with Gasteiger partial charge in [-0.1, -0.05) is 17.3 Å². The van der Waals surface area contributed by atoms with Crippen molar-refractivity contribution in [3.63, 3.8) is 0 Å². The monoisotopic (exact) mass is 749 g/mol. The third-order valence-corrected chi connectivity index (χ3v) is 9.73. The van der Waals surface area contributed by atoms with E-state index in [1.807, 2.05) is 41.2 Å². The molecule has 1 saturated heterocycles. The van der Waals surface area contributed by atoms with Gasteiger partial charge in [0.1, 0.15) is 35.0 Å². The summed E-state index contributed by atoms with van der Waals surface area (Å²) in [4.78, 5) is 63.6. The highest BCUT2D eigenvalue weighted by Crippen LogP contribution is 2.42. The molecule has 0 saturated carbocycles. The van der Waals surface area contributed by atoms with Crippen molar-refractivity contribution in [1.82, 2.24) is 15.2 Å². The van der Waals surface area contributed by atoms with Gasteiger partial charge in [-0.05, 0) is 44.6 Å². The number of thioether (sulfide) groups is 1. The minimum absolute atomic E-state index is 0.0922. The van der Waals surface area contributed by atoms with Crippen LogP contribution in [-0.4, -0.2) is 73.0 Å². The zero-order valence-electron chi connectivity index (χ0n) is 28.9. The van der Waals surface area contributed by atoms with E-state index in [4.69, 9.17) is 24.8 Å². The minimum Gasteiger partial charge on any atom is -0.477 e. The Labute approximate surface area is 307 Å². The van der Waals surface area contributed by atoms with Gasteiger partial charge in [0, 0.05) is 42.7 Å². The van der Waals surface area contributed by atoms with Crippen molar-refractivity contribution in [1.29, 1.82) is 0 Å². The first-order valence-corrected chi connectivity index (χ1v) is 18.1. The Morgan fingerprint density at radius 1 is 1.19 bits per heavy atom. The number of nitrogens with zero attached hydrogens (tertiary/aromatic N) is 4. The number of nitrogens with two attached hydrogens (primary N) is 1. The van der Waals surface area contributed by atoms with Crippen molar-refractivity contribution in [2.24, 2.45) is 5.16 Å². The summed E-state index contributed by atoms with van der Waals surface area (Å²) in [6, 6.07) is 7.71. The Kier molecular flexibility index (Phi) is 10.0. The quantitative estimate of drug-likeness (QED) is 0.0852. The summed E-state index contributed by atoms with van der Waals surface area (Å²) < 4.78 is 19.2. The fourth-order valence-electron chi connectivity index (χ4n) is 5.58. The number of amides is 2. The lowest BCUT2D eigenvalue weighted by Gasteiger charge is -2.49. The highest BCUT2D eigenvalue weighted by atomic mass is 32.2. The van der Waals surface area contributed by atoms with Crippen molar-refractivity contribution in [3.05, 3.63) is 88.3 Å². The van der Waals surface area contributed by atoms with Crippen molar-refractivity contribution in [3.8, 4) is 11.5 Å². The van der Waals surface area contributed by atoms with Crippen molar-refractivity contribution in [2.75, 3.05) is 11.5 Å².